The number of aromatic nitrogens is 4. The van der Waals surface area contributed by atoms with E-state index >= 15 is 0 Å². The molecule has 0 saturated carbocycles. The number of rotatable bonds is 9. The fourth-order valence-corrected chi connectivity index (χ4v) is 4.15. The van der Waals surface area contributed by atoms with Crippen molar-refractivity contribution >= 4 is 56.5 Å². The van der Waals surface area contributed by atoms with E-state index < -0.39 is 0 Å². The van der Waals surface area contributed by atoms with Gasteiger partial charge in [0.1, 0.15) is 12.1 Å². The molecule has 1 aromatic carbocycles. The first-order valence-corrected chi connectivity index (χ1v) is 10.9. The molecule has 4 N–H and O–H groups in total. The zero-order valence-electron chi connectivity index (χ0n) is 15.8. The molecule has 30 heavy (non-hydrogen) atoms. The van der Waals surface area contributed by atoms with E-state index in [0.29, 0.717) is 18.1 Å². The number of hydrogen-bond acceptors (Lipinski definition) is 10. The van der Waals surface area contributed by atoms with Crippen molar-refractivity contribution in [1.29, 1.82) is 0 Å². The van der Waals surface area contributed by atoms with Gasteiger partial charge in [-0.05, 0) is 35.6 Å². The summed E-state index contributed by atoms with van der Waals surface area (Å²) in [6.07, 6.45) is 2.38. The lowest BCUT2D eigenvalue weighted by Crippen LogP contribution is -2.16. The largest absolute Gasteiger partial charge is 0.395 e. The maximum Gasteiger partial charge on any atom is 0.279 e. The van der Waals surface area contributed by atoms with Crippen LogP contribution in [0.4, 0.5) is 17.3 Å². The SMILES string of the molecule is O=C(Nc1ccc(CCNc2ncnc3ccsc23)cc1)c1nsnc1NCCO. The molecule has 0 aliphatic carbocycles. The summed E-state index contributed by atoms with van der Waals surface area (Å²) < 4.78 is 9.12. The molecule has 11 heteroatoms. The summed E-state index contributed by atoms with van der Waals surface area (Å²) in [5, 5.41) is 20.0. The number of amides is 1. The molecule has 0 radical (unpaired) electrons. The normalized spacial score (nSPS) is 10.8. The average Bonchev–Trinajstić information content (AvgIpc) is 3.43. The summed E-state index contributed by atoms with van der Waals surface area (Å²) in [7, 11) is 0. The van der Waals surface area contributed by atoms with Crippen molar-refractivity contribution in [3.63, 3.8) is 0 Å². The Morgan fingerprint density at radius 2 is 1.83 bits per heavy atom. The topological polar surface area (TPSA) is 125 Å². The first-order chi connectivity index (χ1) is 14.7. The Bertz CT molecular complexity index is 1130. The lowest BCUT2D eigenvalue weighted by Gasteiger charge is -2.08. The number of thiophene rings is 1. The minimum absolute atomic E-state index is 0.0513. The predicted molar refractivity (Wildman–Crippen MR) is 119 cm³/mol. The third kappa shape index (κ3) is 4.70. The molecule has 0 spiro atoms. The molecule has 0 unspecified atom stereocenters. The van der Waals surface area contributed by atoms with Crippen LogP contribution in [-0.4, -0.2) is 49.4 Å². The number of aliphatic hydroxyl groups excluding tert-OH is 1. The minimum atomic E-state index is -0.345. The van der Waals surface area contributed by atoms with Crippen molar-refractivity contribution in [2.75, 3.05) is 35.6 Å². The van der Waals surface area contributed by atoms with Gasteiger partial charge in [0.2, 0.25) is 0 Å². The molecule has 0 saturated heterocycles. The average molecular weight is 442 g/mol. The van der Waals surface area contributed by atoms with Crippen molar-refractivity contribution < 1.29 is 9.90 Å². The number of aliphatic hydroxyl groups is 1. The molecule has 0 atom stereocenters. The predicted octanol–water partition coefficient (Wildman–Crippen LogP) is 2.85. The lowest BCUT2D eigenvalue weighted by atomic mass is 10.1. The molecule has 0 bridgehead atoms. The summed E-state index contributed by atoms with van der Waals surface area (Å²) in [5.41, 5.74) is 2.97. The van der Waals surface area contributed by atoms with Crippen LogP contribution in [0.1, 0.15) is 16.1 Å². The standard InChI is InChI=1S/C19H19N7O2S2/c27-9-8-21-17-15(25-30-26-17)19(28)24-13-3-1-12(2-4-13)5-7-20-18-16-14(6-10-29-16)22-11-23-18/h1-4,6,10-11,27H,5,7-9H2,(H,21,26)(H,24,28)(H,20,22,23). The Labute approximate surface area is 180 Å². The maximum absolute atomic E-state index is 12.4. The number of fused-ring (bicyclic) bond motifs is 1. The molecular weight excluding hydrogens is 422 g/mol. The molecule has 154 valence electrons. The van der Waals surface area contributed by atoms with Crippen LogP contribution in [0.3, 0.4) is 0 Å². The second-order valence-electron chi connectivity index (χ2n) is 6.30. The summed E-state index contributed by atoms with van der Waals surface area (Å²) >= 11 is 2.56. The maximum atomic E-state index is 12.4. The third-order valence-corrected chi connectivity index (χ3v) is 5.71. The molecular formula is C19H19N7O2S2. The fraction of sp³-hybridized carbons (Fsp3) is 0.211. The number of carbonyl (C=O) groups excluding carboxylic acids is 1. The van der Waals surface area contributed by atoms with Gasteiger partial charge in [0, 0.05) is 18.8 Å². The van der Waals surface area contributed by atoms with Gasteiger partial charge in [0.25, 0.3) is 5.91 Å². The second kappa shape index (κ2) is 9.57. The minimum Gasteiger partial charge on any atom is -0.395 e. The van der Waals surface area contributed by atoms with Gasteiger partial charge in [0.05, 0.1) is 28.6 Å². The monoisotopic (exact) mass is 441 g/mol. The van der Waals surface area contributed by atoms with Gasteiger partial charge in [-0.2, -0.15) is 8.75 Å². The van der Waals surface area contributed by atoms with Crippen molar-refractivity contribution in [2.24, 2.45) is 0 Å². The van der Waals surface area contributed by atoms with Crippen LogP contribution in [0, 0.1) is 0 Å². The highest BCUT2D eigenvalue weighted by Gasteiger charge is 2.16. The van der Waals surface area contributed by atoms with Gasteiger partial charge in [-0.1, -0.05) is 12.1 Å². The molecule has 4 aromatic rings. The van der Waals surface area contributed by atoms with Crippen LogP contribution in [0.2, 0.25) is 0 Å². The van der Waals surface area contributed by atoms with Gasteiger partial charge in [0.15, 0.2) is 11.5 Å². The van der Waals surface area contributed by atoms with Crippen molar-refractivity contribution in [1.82, 2.24) is 18.7 Å². The van der Waals surface area contributed by atoms with Gasteiger partial charge in [-0.15, -0.1) is 11.3 Å². The molecule has 9 nitrogen and oxygen atoms in total. The van der Waals surface area contributed by atoms with E-state index in [0.717, 1.165) is 46.3 Å². The number of benzene rings is 1. The van der Waals surface area contributed by atoms with E-state index in [9.17, 15) is 4.79 Å². The summed E-state index contributed by atoms with van der Waals surface area (Å²) in [6, 6.07) is 9.64. The Morgan fingerprint density at radius 3 is 2.67 bits per heavy atom. The number of anilines is 3. The Balaban J connectivity index is 1.31. The molecule has 4 rings (SSSR count). The fourth-order valence-electron chi connectivity index (χ4n) is 2.81. The number of nitrogens with zero attached hydrogens (tertiary/aromatic N) is 4. The van der Waals surface area contributed by atoms with Crippen LogP contribution < -0.4 is 16.0 Å². The van der Waals surface area contributed by atoms with Gasteiger partial charge in [-0.3, -0.25) is 4.79 Å². The van der Waals surface area contributed by atoms with Gasteiger partial charge < -0.3 is 21.1 Å². The molecule has 0 aliphatic rings. The summed E-state index contributed by atoms with van der Waals surface area (Å²) in [4.78, 5) is 21.0. The molecule has 0 fully saturated rings. The van der Waals surface area contributed by atoms with Crippen LogP contribution >= 0.6 is 23.1 Å². The molecule has 1 amide bonds. The zero-order chi connectivity index (χ0) is 20.8. The number of nitrogens with one attached hydrogen (secondary N) is 3. The van der Waals surface area contributed by atoms with Crippen molar-refractivity contribution in [2.45, 2.75) is 6.42 Å². The van der Waals surface area contributed by atoms with Crippen LogP contribution in [0.5, 0.6) is 0 Å². The van der Waals surface area contributed by atoms with E-state index in [-0.39, 0.29) is 18.2 Å². The summed E-state index contributed by atoms with van der Waals surface area (Å²) in [6.45, 7) is 0.992. The summed E-state index contributed by atoms with van der Waals surface area (Å²) in [5.74, 6) is 0.877. The first kappa shape index (κ1) is 20.1. The molecule has 0 aliphatic heterocycles. The van der Waals surface area contributed by atoms with Crippen molar-refractivity contribution in [3.05, 3.63) is 53.3 Å². The molecule has 3 heterocycles. The van der Waals surface area contributed by atoms with E-state index in [2.05, 4.69) is 34.7 Å². The zero-order valence-corrected chi connectivity index (χ0v) is 17.5. The highest BCUT2D eigenvalue weighted by molar-refractivity contribution is 7.17. The van der Waals surface area contributed by atoms with Crippen LogP contribution in [-0.2, 0) is 6.42 Å². The van der Waals surface area contributed by atoms with Crippen molar-refractivity contribution in [3.8, 4) is 0 Å². The third-order valence-electron chi connectivity index (χ3n) is 4.27. The first-order valence-electron chi connectivity index (χ1n) is 9.24. The highest BCUT2D eigenvalue weighted by Crippen LogP contribution is 2.24. The Morgan fingerprint density at radius 1 is 1.00 bits per heavy atom. The van der Waals surface area contributed by atoms with Gasteiger partial charge >= 0.3 is 0 Å². The smallest absolute Gasteiger partial charge is 0.279 e. The van der Waals surface area contributed by atoms with E-state index in [1.165, 1.54) is 0 Å². The van der Waals surface area contributed by atoms with E-state index in [1.807, 2.05) is 35.7 Å². The Kier molecular flexibility index (Phi) is 6.42. The van der Waals surface area contributed by atoms with E-state index in [4.69, 9.17) is 5.11 Å². The van der Waals surface area contributed by atoms with Gasteiger partial charge in [-0.25, -0.2) is 9.97 Å². The van der Waals surface area contributed by atoms with Crippen LogP contribution in [0.25, 0.3) is 10.2 Å². The quantitative estimate of drug-likeness (QED) is 0.312. The Hall–Kier alpha value is -3.15. The second-order valence-corrected chi connectivity index (χ2v) is 7.74. The lowest BCUT2D eigenvalue weighted by molar-refractivity contribution is 0.102. The number of hydrogen-bond donors (Lipinski definition) is 4. The number of carbonyl (C=O) groups is 1. The van der Waals surface area contributed by atoms with E-state index in [1.54, 1.807) is 17.7 Å². The molecule has 3 aromatic heterocycles. The van der Waals surface area contributed by atoms with Crippen LogP contribution in [0.15, 0.2) is 42.0 Å². The highest BCUT2D eigenvalue weighted by atomic mass is 32.1.